The van der Waals surface area contributed by atoms with Crippen LogP contribution in [0.5, 0.6) is 0 Å². The van der Waals surface area contributed by atoms with Crippen LogP contribution in [0.1, 0.15) is 22.6 Å². The Morgan fingerprint density at radius 1 is 1.00 bits per heavy atom. The highest BCUT2D eigenvalue weighted by Crippen LogP contribution is 2.36. The molecule has 0 N–H and O–H groups in total. The SMILES string of the molecule is CN1Cc2ccccc2C(c2cccc3ccoc23)C1. The number of rotatable bonds is 1. The molecule has 20 heavy (non-hydrogen) atoms. The summed E-state index contributed by atoms with van der Waals surface area (Å²) in [4.78, 5) is 2.38. The van der Waals surface area contributed by atoms with Gasteiger partial charge in [-0.3, -0.25) is 0 Å². The zero-order valence-electron chi connectivity index (χ0n) is 11.5. The zero-order valence-corrected chi connectivity index (χ0v) is 11.5. The maximum atomic E-state index is 5.73. The zero-order chi connectivity index (χ0) is 13.5. The maximum absolute atomic E-state index is 5.73. The molecule has 1 aliphatic rings. The molecule has 0 amide bonds. The Balaban J connectivity index is 1.92. The molecule has 2 aromatic carbocycles. The summed E-state index contributed by atoms with van der Waals surface area (Å²) in [5.74, 6) is 0.389. The van der Waals surface area contributed by atoms with Gasteiger partial charge < -0.3 is 9.32 Å². The molecule has 0 radical (unpaired) electrons. The quantitative estimate of drug-likeness (QED) is 0.659. The first-order valence-electron chi connectivity index (χ1n) is 7.05. The fraction of sp³-hybridized carbons (Fsp3) is 0.222. The highest BCUT2D eigenvalue weighted by atomic mass is 16.3. The lowest BCUT2D eigenvalue weighted by molar-refractivity contribution is 0.295. The highest BCUT2D eigenvalue weighted by molar-refractivity contribution is 5.81. The van der Waals surface area contributed by atoms with Crippen LogP contribution < -0.4 is 0 Å². The summed E-state index contributed by atoms with van der Waals surface area (Å²) >= 11 is 0. The fourth-order valence-electron chi connectivity index (χ4n) is 3.34. The van der Waals surface area contributed by atoms with E-state index in [4.69, 9.17) is 4.42 Å². The van der Waals surface area contributed by atoms with E-state index in [1.807, 2.05) is 6.07 Å². The molecule has 0 spiro atoms. The van der Waals surface area contributed by atoms with E-state index in [-0.39, 0.29) is 0 Å². The minimum Gasteiger partial charge on any atom is -0.464 e. The minimum absolute atomic E-state index is 0.389. The predicted molar refractivity (Wildman–Crippen MR) is 80.8 cm³/mol. The fourth-order valence-corrected chi connectivity index (χ4v) is 3.34. The molecular formula is C18H17NO. The molecule has 4 rings (SSSR count). The van der Waals surface area contributed by atoms with Gasteiger partial charge in [0.2, 0.25) is 0 Å². The molecule has 2 nitrogen and oxygen atoms in total. The number of benzene rings is 2. The van der Waals surface area contributed by atoms with Gasteiger partial charge in [0.05, 0.1) is 6.26 Å². The normalized spacial score (nSPS) is 19.1. The van der Waals surface area contributed by atoms with Gasteiger partial charge in [0.25, 0.3) is 0 Å². The van der Waals surface area contributed by atoms with Crippen molar-refractivity contribution in [2.45, 2.75) is 12.5 Å². The molecule has 0 bridgehead atoms. The molecular weight excluding hydrogens is 246 g/mol. The summed E-state index contributed by atoms with van der Waals surface area (Å²) in [6.07, 6.45) is 1.78. The number of likely N-dealkylation sites (N-methyl/N-ethyl adjacent to an activating group) is 1. The summed E-state index contributed by atoms with van der Waals surface area (Å²) in [6.45, 7) is 2.07. The molecule has 2 heteroatoms. The van der Waals surface area contributed by atoms with Crippen molar-refractivity contribution in [3.05, 3.63) is 71.5 Å². The van der Waals surface area contributed by atoms with Crippen molar-refractivity contribution in [2.75, 3.05) is 13.6 Å². The third kappa shape index (κ3) is 1.76. The molecule has 0 aliphatic carbocycles. The van der Waals surface area contributed by atoms with E-state index in [2.05, 4.69) is 54.4 Å². The van der Waals surface area contributed by atoms with Crippen LogP contribution in [0.2, 0.25) is 0 Å². The lowest BCUT2D eigenvalue weighted by Crippen LogP contribution is -2.30. The third-order valence-corrected chi connectivity index (χ3v) is 4.25. The van der Waals surface area contributed by atoms with E-state index in [0.717, 1.165) is 18.7 Å². The van der Waals surface area contributed by atoms with Crippen molar-refractivity contribution in [1.29, 1.82) is 0 Å². The minimum atomic E-state index is 0.389. The second kappa shape index (κ2) is 4.50. The van der Waals surface area contributed by atoms with Crippen molar-refractivity contribution in [1.82, 2.24) is 4.90 Å². The first-order chi connectivity index (χ1) is 9.83. The standard InChI is InChI=1S/C18H17NO/c1-19-11-14-5-2-3-7-15(14)17(12-19)16-8-4-6-13-9-10-20-18(13)16/h2-10,17H,11-12H2,1H3. The second-order valence-corrected chi connectivity index (χ2v) is 5.63. The molecule has 3 aromatic rings. The first-order valence-corrected chi connectivity index (χ1v) is 7.05. The summed E-state index contributed by atoms with van der Waals surface area (Å²) in [6, 6.07) is 17.2. The van der Waals surface area contributed by atoms with Gasteiger partial charge in [-0.05, 0) is 24.2 Å². The smallest absolute Gasteiger partial charge is 0.137 e. The van der Waals surface area contributed by atoms with Crippen LogP contribution >= 0.6 is 0 Å². The molecule has 1 atom stereocenters. The summed E-state index contributed by atoms with van der Waals surface area (Å²) in [7, 11) is 2.19. The Hall–Kier alpha value is -2.06. The van der Waals surface area contributed by atoms with Gasteiger partial charge >= 0.3 is 0 Å². The van der Waals surface area contributed by atoms with Gasteiger partial charge in [0.1, 0.15) is 5.58 Å². The average molecular weight is 263 g/mol. The van der Waals surface area contributed by atoms with E-state index in [1.165, 1.54) is 22.1 Å². The Labute approximate surface area is 118 Å². The lowest BCUT2D eigenvalue weighted by atomic mass is 9.84. The van der Waals surface area contributed by atoms with Crippen LogP contribution in [-0.4, -0.2) is 18.5 Å². The lowest BCUT2D eigenvalue weighted by Gasteiger charge is -2.32. The van der Waals surface area contributed by atoms with E-state index in [9.17, 15) is 0 Å². The molecule has 1 aliphatic heterocycles. The Morgan fingerprint density at radius 3 is 2.80 bits per heavy atom. The van der Waals surface area contributed by atoms with Crippen LogP contribution in [0, 0.1) is 0 Å². The van der Waals surface area contributed by atoms with Crippen molar-refractivity contribution < 1.29 is 4.42 Å². The number of furan rings is 1. The number of hydrogen-bond donors (Lipinski definition) is 0. The summed E-state index contributed by atoms with van der Waals surface area (Å²) < 4.78 is 5.73. The van der Waals surface area contributed by atoms with Gasteiger partial charge in [-0.1, -0.05) is 42.5 Å². The Morgan fingerprint density at radius 2 is 1.85 bits per heavy atom. The van der Waals surface area contributed by atoms with Crippen LogP contribution in [-0.2, 0) is 6.54 Å². The average Bonchev–Trinajstić information content (AvgIpc) is 2.94. The molecule has 0 saturated carbocycles. The molecule has 0 saturated heterocycles. The number of nitrogens with zero attached hydrogens (tertiary/aromatic N) is 1. The molecule has 100 valence electrons. The predicted octanol–water partition coefficient (Wildman–Crippen LogP) is 4.01. The highest BCUT2D eigenvalue weighted by Gasteiger charge is 2.26. The number of para-hydroxylation sites is 1. The van der Waals surface area contributed by atoms with E-state index >= 15 is 0 Å². The van der Waals surface area contributed by atoms with E-state index in [1.54, 1.807) is 6.26 Å². The molecule has 1 unspecified atom stereocenters. The van der Waals surface area contributed by atoms with Crippen molar-refractivity contribution in [3.63, 3.8) is 0 Å². The maximum Gasteiger partial charge on any atom is 0.137 e. The monoisotopic (exact) mass is 263 g/mol. The van der Waals surface area contributed by atoms with Crippen LogP contribution in [0.3, 0.4) is 0 Å². The Bertz CT molecular complexity index is 759. The summed E-state index contributed by atoms with van der Waals surface area (Å²) in [5, 5.41) is 1.19. The number of fused-ring (bicyclic) bond motifs is 2. The molecule has 2 heterocycles. The first kappa shape index (κ1) is 11.7. The molecule has 0 fully saturated rings. The van der Waals surface area contributed by atoms with E-state index in [0.29, 0.717) is 5.92 Å². The van der Waals surface area contributed by atoms with Crippen molar-refractivity contribution in [3.8, 4) is 0 Å². The Kier molecular flexibility index (Phi) is 2.64. The van der Waals surface area contributed by atoms with Crippen LogP contribution in [0.4, 0.5) is 0 Å². The van der Waals surface area contributed by atoms with Crippen LogP contribution in [0.25, 0.3) is 11.0 Å². The second-order valence-electron chi connectivity index (χ2n) is 5.63. The van der Waals surface area contributed by atoms with Crippen LogP contribution in [0.15, 0.2) is 59.2 Å². The number of hydrogen-bond acceptors (Lipinski definition) is 2. The van der Waals surface area contributed by atoms with Crippen molar-refractivity contribution >= 4 is 11.0 Å². The van der Waals surface area contributed by atoms with Gasteiger partial charge in [-0.2, -0.15) is 0 Å². The largest absolute Gasteiger partial charge is 0.464 e. The van der Waals surface area contributed by atoms with Gasteiger partial charge in [0.15, 0.2) is 0 Å². The molecule has 1 aromatic heterocycles. The summed E-state index contributed by atoms with van der Waals surface area (Å²) in [5.41, 5.74) is 5.19. The van der Waals surface area contributed by atoms with Gasteiger partial charge in [0, 0.05) is 30.0 Å². The van der Waals surface area contributed by atoms with Gasteiger partial charge in [-0.25, -0.2) is 0 Å². The third-order valence-electron chi connectivity index (χ3n) is 4.25. The van der Waals surface area contributed by atoms with Gasteiger partial charge in [-0.15, -0.1) is 0 Å². The topological polar surface area (TPSA) is 16.4 Å². The van der Waals surface area contributed by atoms with E-state index < -0.39 is 0 Å². The van der Waals surface area contributed by atoms with Crippen molar-refractivity contribution in [2.24, 2.45) is 0 Å².